The summed E-state index contributed by atoms with van der Waals surface area (Å²) in [5, 5.41) is 56.4. The number of carbonyl (C=O) groups is 3. The molecule has 2 rings (SSSR count). The molecule has 0 bridgehead atoms. The van der Waals surface area contributed by atoms with E-state index in [4.69, 9.17) is 29.7 Å². The van der Waals surface area contributed by atoms with Gasteiger partial charge in [0.2, 0.25) is 11.8 Å². The highest BCUT2D eigenvalue weighted by atomic mass is 31.2. The third-order valence-corrected chi connectivity index (χ3v) is 8.52. The van der Waals surface area contributed by atoms with E-state index >= 15 is 0 Å². The molecule has 288 valence electrons. The fourth-order valence-corrected chi connectivity index (χ4v) is 5.63. The minimum Gasteiger partial charge on any atom is -0.477 e. The van der Waals surface area contributed by atoms with Crippen molar-refractivity contribution in [2.75, 3.05) is 46.2 Å². The number of carbonyl (C=O) groups excluding carboxylic acids is 2. The predicted molar refractivity (Wildman–Crippen MR) is 171 cm³/mol. The molecule has 0 spiro atoms. The van der Waals surface area contributed by atoms with E-state index in [0.29, 0.717) is 24.8 Å². The molecule has 7 atom stereocenters. The van der Waals surface area contributed by atoms with Crippen molar-refractivity contribution in [1.82, 2.24) is 10.6 Å². The van der Waals surface area contributed by atoms with Crippen molar-refractivity contribution in [2.24, 2.45) is 0 Å². The van der Waals surface area contributed by atoms with Gasteiger partial charge in [-0.3, -0.25) is 18.6 Å². The van der Waals surface area contributed by atoms with Crippen LogP contribution in [0.1, 0.15) is 49.7 Å². The van der Waals surface area contributed by atoms with Crippen LogP contribution in [0.3, 0.4) is 0 Å². The Labute approximate surface area is 292 Å². The van der Waals surface area contributed by atoms with Gasteiger partial charge in [-0.15, -0.1) is 6.42 Å². The first-order chi connectivity index (χ1) is 24.1. The van der Waals surface area contributed by atoms with Crippen molar-refractivity contribution >= 4 is 25.6 Å². The Hall–Kier alpha value is -3.12. The highest BCUT2D eigenvalue weighted by Gasteiger charge is 2.55. The zero-order chi connectivity index (χ0) is 38.0. The number of hydrogen-bond donors (Lipinski definition) is 8. The first kappa shape index (κ1) is 44.0. The van der Waals surface area contributed by atoms with Crippen LogP contribution in [0.2, 0.25) is 0 Å². The van der Waals surface area contributed by atoms with Crippen molar-refractivity contribution in [3.8, 4) is 12.3 Å². The molecule has 0 aliphatic carbocycles. The van der Waals surface area contributed by atoms with Crippen LogP contribution in [0.5, 0.6) is 0 Å². The molecule has 8 N–H and O–H groups in total. The van der Waals surface area contributed by atoms with E-state index in [2.05, 4.69) is 16.6 Å². The Morgan fingerprint density at radius 3 is 2.29 bits per heavy atom. The molecule has 20 heteroatoms. The lowest BCUT2D eigenvalue weighted by Gasteiger charge is -2.46. The third kappa shape index (κ3) is 15.2. The Balaban J connectivity index is 1.94. The lowest BCUT2D eigenvalue weighted by atomic mass is 9.88. The minimum atomic E-state index is -4.30. The van der Waals surface area contributed by atoms with Crippen molar-refractivity contribution in [1.29, 1.82) is 0 Å². The molecule has 1 fully saturated rings. The highest BCUT2D eigenvalue weighted by molar-refractivity contribution is 7.47. The van der Waals surface area contributed by atoms with Gasteiger partial charge in [-0.1, -0.05) is 43.0 Å². The molecule has 1 heterocycles. The summed E-state index contributed by atoms with van der Waals surface area (Å²) in [6.07, 6.45) is -4.58. The van der Waals surface area contributed by atoms with Gasteiger partial charge in [-0.2, -0.15) is 0 Å². The summed E-state index contributed by atoms with van der Waals surface area (Å²) in [6, 6.07) is 3.43. The second-order valence-corrected chi connectivity index (χ2v) is 12.9. The number of aliphatic carboxylic acids is 1. The fraction of sp³-hybridized carbons (Fsp3) is 0.645. The largest absolute Gasteiger partial charge is 0.477 e. The van der Waals surface area contributed by atoms with Crippen LogP contribution in [0.25, 0.3) is 0 Å². The molecule has 51 heavy (non-hydrogen) atoms. The van der Waals surface area contributed by atoms with Crippen LogP contribution in [0.15, 0.2) is 24.3 Å². The number of aliphatic hydroxyl groups is 4. The number of ether oxygens (including phenoxy) is 3. The predicted octanol–water partition coefficient (Wildman–Crippen LogP) is -0.227. The summed E-state index contributed by atoms with van der Waals surface area (Å²) < 4.78 is 63.1. The molecule has 1 aliphatic rings. The lowest BCUT2D eigenvalue weighted by Crippen LogP contribution is -2.68. The summed E-state index contributed by atoms with van der Waals surface area (Å²) in [4.78, 5) is 46.5. The molecule has 1 saturated heterocycles. The molecular weight excluding hydrogens is 709 g/mol. The average Bonchev–Trinajstić information content (AvgIpc) is 3.08. The summed E-state index contributed by atoms with van der Waals surface area (Å²) in [6.45, 7) is -2.16. The second kappa shape index (κ2) is 22.1. The van der Waals surface area contributed by atoms with Crippen molar-refractivity contribution in [3.05, 3.63) is 35.4 Å². The number of alkyl halides is 2. The van der Waals surface area contributed by atoms with Gasteiger partial charge in [0.25, 0.3) is 12.2 Å². The molecule has 1 unspecified atom stereocenters. The maximum Gasteiger partial charge on any atom is 0.472 e. The van der Waals surface area contributed by atoms with E-state index in [9.17, 15) is 58.2 Å². The number of amides is 2. The maximum atomic E-state index is 12.8. The minimum absolute atomic E-state index is 0.000848. The zero-order valence-corrected chi connectivity index (χ0v) is 28.5. The number of benzene rings is 1. The van der Waals surface area contributed by atoms with Crippen LogP contribution < -0.4 is 10.6 Å². The van der Waals surface area contributed by atoms with E-state index in [1.165, 1.54) is 12.1 Å². The monoisotopic (exact) mass is 754 g/mol. The molecule has 2 amide bonds. The number of carboxylic acids is 1. The topological polar surface area (TPSA) is 260 Å². The lowest BCUT2D eigenvalue weighted by molar-refractivity contribution is -0.310. The molecular formula is C31H45F2N2O15P. The van der Waals surface area contributed by atoms with Gasteiger partial charge in [0, 0.05) is 18.5 Å². The summed E-state index contributed by atoms with van der Waals surface area (Å²) in [5.74, 6) is -3.67. The Bertz CT molecular complexity index is 1330. The Morgan fingerprint density at radius 1 is 1.04 bits per heavy atom. The van der Waals surface area contributed by atoms with Crippen LogP contribution >= 0.6 is 7.82 Å². The normalized spacial score (nSPS) is 22.8. The Morgan fingerprint density at radius 2 is 1.69 bits per heavy atom. The average molecular weight is 755 g/mol. The highest BCUT2D eigenvalue weighted by Crippen LogP contribution is 2.43. The summed E-state index contributed by atoms with van der Waals surface area (Å²) in [5.41, 5.74) is 0.149. The smallest absolute Gasteiger partial charge is 0.472 e. The number of phosphoric ester groups is 1. The number of phosphoric acid groups is 1. The van der Waals surface area contributed by atoms with Gasteiger partial charge < -0.3 is 55.3 Å². The number of nitrogens with one attached hydrogen (secondary N) is 2. The van der Waals surface area contributed by atoms with Gasteiger partial charge in [0.1, 0.15) is 25.4 Å². The molecule has 0 aromatic heterocycles. The van der Waals surface area contributed by atoms with Crippen LogP contribution in [-0.2, 0) is 48.6 Å². The molecule has 0 saturated carbocycles. The number of carboxylic acid groups (broad SMARTS) is 1. The maximum absolute atomic E-state index is 12.8. The zero-order valence-electron chi connectivity index (χ0n) is 27.6. The first-order valence-corrected chi connectivity index (χ1v) is 17.4. The van der Waals surface area contributed by atoms with Gasteiger partial charge in [0.05, 0.1) is 51.1 Å². The van der Waals surface area contributed by atoms with Crippen LogP contribution in [0, 0.1) is 12.3 Å². The van der Waals surface area contributed by atoms with E-state index in [-0.39, 0.29) is 51.4 Å². The molecule has 1 aromatic carbocycles. The first-order valence-electron chi connectivity index (χ1n) is 15.9. The number of aliphatic hydroxyl groups excluding tert-OH is 4. The van der Waals surface area contributed by atoms with E-state index in [1.54, 1.807) is 0 Å². The van der Waals surface area contributed by atoms with Crippen LogP contribution in [0.4, 0.5) is 8.78 Å². The molecule has 1 aromatic rings. The van der Waals surface area contributed by atoms with Gasteiger partial charge >= 0.3 is 13.8 Å². The van der Waals surface area contributed by atoms with Crippen LogP contribution in [-0.4, -0.2) is 131 Å². The number of rotatable bonds is 24. The molecule has 1 aliphatic heterocycles. The molecule has 17 nitrogen and oxygen atoms in total. The quantitative estimate of drug-likeness (QED) is 0.0385. The van der Waals surface area contributed by atoms with E-state index in [1.807, 2.05) is 0 Å². The van der Waals surface area contributed by atoms with Gasteiger partial charge in [-0.05, 0) is 18.4 Å². The summed E-state index contributed by atoms with van der Waals surface area (Å²) >= 11 is 0. The number of hydrogen-bond acceptors (Lipinski definition) is 13. The molecule has 0 radical (unpaired) electrons. The fourth-order valence-electron chi connectivity index (χ4n) is 4.89. The van der Waals surface area contributed by atoms with Gasteiger partial charge in [0.15, 0.2) is 0 Å². The second-order valence-electron chi connectivity index (χ2n) is 11.4. The van der Waals surface area contributed by atoms with Gasteiger partial charge in [-0.25, -0.2) is 18.1 Å². The number of terminal acetylenes is 1. The Kier molecular flexibility index (Phi) is 19.1. The summed E-state index contributed by atoms with van der Waals surface area (Å²) in [7, 11) is -4.30. The van der Waals surface area contributed by atoms with E-state index in [0.717, 1.165) is 12.1 Å². The SMILES string of the molecule is C#CCOCCOP(=O)(O)OCCCCCCO[C@]1(C(=O)O)C[C@H](O)[C@@H](NC(=O)CO)[C@H]([C@H](O)[C@H](O)CNC(=O)Cc2ccc(C(F)F)cc2)O1. The number of halogens is 2. The third-order valence-electron chi connectivity index (χ3n) is 7.50. The standard InChI is InChI=1S/C31H45F2N2O15P/c1-2-11-46-14-15-49-51(44,45)48-13-6-4-3-5-12-47-31(30(42)43)17-22(37)26(35-25(40)19-36)28(50-31)27(41)23(38)18-34-24(39)16-20-7-9-21(10-8-20)29(32)33/h1,7-10,22-23,26-29,36-38,41H,3-6,11-19H2,(H,34,39)(H,35,40)(H,42,43)(H,44,45)/t22-,23+,26+,27+,28+,31+/m0/s1. The van der Waals surface area contributed by atoms with Crippen molar-refractivity contribution < 1.29 is 81.4 Å². The van der Waals surface area contributed by atoms with Crippen molar-refractivity contribution in [2.45, 2.75) is 81.2 Å². The van der Waals surface area contributed by atoms with Crippen molar-refractivity contribution in [3.63, 3.8) is 0 Å². The van der Waals surface area contributed by atoms with E-state index < -0.39 is 87.8 Å². The number of unbranched alkanes of at least 4 members (excludes halogenated alkanes) is 3.